The molecule has 1 heterocycles. The number of benzene rings is 2. The third kappa shape index (κ3) is 2.72. The number of ketones is 1. The van der Waals surface area contributed by atoms with Crippen LogP contribution in [0, 0.1) is 10.1 Å². The Hall–Kier alpha value is -2.99. The van der Waals surface area contributed by atoms with E-state index in [1.54, 1.807) is 6.07 Å². The first-order valence-electron chi connectivity index (χ1n) is 6.49. The van der Waals surface area contributed by atoms with Gasteiger partial charge in [0, 0.05) is 11.1 Å². The molecule has 0 amide bonds. The van der Waals surface area contributed by atoms with Crippen molar-refractivity contribution in [3.63, 3.8) is 0 Å². The summed E-state index contributed by atoms with van der Waals surface area (Å²) < 4.78 is 5.09. The first-order valence-corrected chi connectivity index (χ1v) is 6.86. The van der Waals surface area contributed by atoms with Gasteiger partial charge in [0.15, 0.2) is 0 Å². The fourth-order valence-corrected chi connectivity index (χ4v) is 2.39. The highest BCUT2D eigenvalue weighted by molar-refractivity contribution is 6.33. The summed E-state index contributed by atoms with van der Waals surface area (Å²) in [6.07, 6.45) is 1.16. The molecule has 2 aromatic rings. The summed E-state index contributed by atoms with van der Waals surface area (Å²) in [7, 11) is 0. The van der Waals surface area contributed by atoms with Crippen molar-refractivity contribution in [1.29, 1.82) is 0 Å². The number of carbonyl (C=O) groups is 2. The van der Waals surface area contributed by atoms with Crippen molar-refractivity contribution < 1.29 is 19.2 Å². The van der Waals surface area contributed by atoms with Crippen LogP contribution in [0.25, 0.3) is 6.08 Å². The van der Waals surface area contributed by atoms with Gasteiger partial charge in [-0.2, -0.15) is 0 Å². The predicted molar refractivity (Wildman–Crippen MR) is 82.5 cm³/mol. The molecule has 114 valence electrons. The molecule has 1 aliphatic heterocycles. The molecule has 0 unspecified atom stereocenters. The molecule has 0 N–H and O–H groups in total. The maximum absolute atomic E-state index is 12.5. The Balaban J connectivity index is 2.12. The van der Waals surface area contributed by atoms with Crippen LogP contribution in [-0.2, 0) is 4.79 Å². The van der Waals surface area contributed by atoms with Gasteiger partial charge in [0.05, 0.1) is 16.1 Å². The van der Waals surface area contributed by atoms with Gasteiger partial charge < -0.3 is 4.74 Å². The Kier molecular flexibility index (Phi) is 3.67. The SMILES string of the molecule is O=C1Oc2ccc(Cl)cc2C(=O)/C1=C/c1ccccc1[N+](=O)[O-]. The number of halogens is 1. The largest absolute Gasteiger partial charge is 0.422 e. The molecule has 0 bridgehead atoms. The van der Waals surface area contributed by atoms with Crippen LogP contribution in [0.2, 0.25) is 5.02 Å². The van der Waals surface area contributed by atoms with Gasteiger partial charge in [-0.3, -0.25) is 14.9 Å². The van der Waals surface area contributed by atoms with Crippen LogP contribution in [0.5, 0.6) is 5.75 Å². The average Bonchev–Trinajstić information content (AvgIpc) is 2.52. The van der Waals surface area contributed by atoms with Crippen molar-refractivity contribution in [2.24, 2.45) is 0 Å². The number of nitro benzene ring substituents is 1. The molecular formula is C16H8ClNO5. The van der Waals surface area contributed by atoms with Gasteiger partial charge in [0.1, 0.15) is 11.3 Å². The molecule has 0 aliphatic carbocycles. The van der Waals surface area contributed by atoms with Crippen LogP contribution in [0.1, 0.15) is 15.9 Å². The lowest BCUT2D eigenvalue weighted by Gasteiger charge is -2.16. The molecule has 23 heavy (non-hydrogen) atoms. The van der Waals surface area contributed by atoms with Crippen molar-refractivity contribution in [2.45, 2.75) is 0 Å². The topological polar surface area (TPSA) is 86.5 Å². The molecule has 0 saturated heterocycles. The average molecular weight is 330 g/mol. The Labute approximate surface area is 135 Å². The smallest absolute Gasteiger partial charge is 0.347 e. The molecule has 0 aromatic heterocycles. The number of para-hydroxylation sites is 1. The highest BCUT2D eigenvalue weighted by Gasteiger charge is 2.31. The zero-order valence-electron chi connectivity index (χ0n) is 11.5. The van der Waals surface area contributed by atoms with E-state index in [2.05, 4.69) is 0 Å². The lowest BCUT2D eigenvalue weighted by atomic mass is 9.97. The number of nitrogens with zero attached hydrogens (tertiary/aromatic N) is 1. The minimum absolute atomic E-state index is 0.115. The molecule has 0 spiro atoms. The van der Waals surface area contributed by atoms with E-state index in [4.69, 9.17) is 16.3 Å². The van der Waals surface area contributed by atoms with Crippen LogP contribution in [0.3, 0.4) is 0 Å². The minimum atomic E-state index is -0.858. The lowest BCUT2D eigenvalue weighted by molar-refractivity contribution is -0.385. The highest BCUT2D eigenvalue weighted by Crippen LogP contribution is 2.32. The summed E-state index contributed by atoms with van der Waals surface area (Å²) >= 11 is 5.85. The second-order valence-electron chi connectivity index (χ2n) is 4.73. The van der Waals surface area contributed by atoms with Gasteiger partial charge in [0.25, 0.3) is 5.69 Å². The number of esters is 1. The maximum atomic E-state index is 12.5. The van der Waals surface area contributed by atoms with Gasteiger partial charge in [0.2, 0.25) is 5.78 Å². The minimum Gasteiger partial charge on any atom is -0.422 e. The normalized spacial score (nSPS) is 15.3. The standard InChI is InChI=1S/C16H8ClNO5/c17-10-5-6-14-11(8-10)15(19)12(16(20)23-14)7-9-3-1-2-4-13(9)18(21)22/h1-8H/b12-7-. The molecule has 1 aliphatic rings. The number of ether oxygens (including phenoxy) is 1. The van der Waals surface area contributed by atoms with Gasteiger partial charge in [-0.25, -0.2) is 4.79 Å². The maximum Gasteiger partial charge on any atom is 0.347 e. The predicted octanol–water partition coefficient (Wildman–Crippen LogP) is 3.43. The highest BCUT2D eigenvalue weighted by atomic mass is 35.5. The molecule has 0 fully saturated rings. The van der Waals surface area contributed by atoms with Crippen molar-refractivity contribution in [1.82, 2.24) is 0 Å². The monoisotopic (exact) mass is 329 g/mol. The van der Waals surface area contributed by atoms with Crippen molar-refractivity contribution >= 4 is 35.1 Å². The summed E-state index contributed by atoms with van der Waals surface area (Å²) in [6.45, 7) is 0. The summed E-state index contributed by atoms with van der Waals surface area (Å²) in [4.78, 5) is 34.9. The zero-order chi connectivity index (χ0) is 16.6. The number of fused-ring (bicyclic) bond motifs is 1. The number of Topliss-reactive ketones (excluding diaryl/α,β-unsaturated/α-hetero) is 1. The number of carbonyl (C=O) groups excluding carboxylic acids is 2. The Morgan fingerprint density at radius 3 is 2.61 bits per heavy atom. The van der Waals surface area contributed by atoms with Crippen LogP contribution in [0.15, 0.2) is 48.0 Å². The molecule has 3 rings (SSSR count). The summed E-state index contributed by atoms with van der Waals surface area (Å²) in [5.74, 6) is -1.33. The second kappa shape index (κ2) is 5.66. The number of hydrogen-bond acceptors (Lipinski definition) is 5. The fourth-order valence-electron chi connectivity index (χ4n) is 2.22. The van der Waals surface area contributed by atoms with Gasteiger partial charge in [-0.1, -0.05) is 23.7 Å². The van der Waals surface area contributed by atoms with E-state index in [1.165, 1.54) is 36.4 Å². The van der Waals surface area contributed by atoms with Gasteiger partial charge in [-0.05, 0) is 30.3 Å². The second-order valence-corrected chi connectivity index (χ2v) is 5.17. The van der Waals surface area contributed by atoms with E-state index < -0.39 is 16.7 Å². The third-order valence-electron chi connectivity index (χ3n) is 3.29. The van der Waals surface area contributed by atoms with Crippen LogP contribution < -0.4 is 4.74 Å². The van der Waals surface area contributed by atoms with Gasteiger partial charge >= 0.3 is 5.97 Å². The lowest BCUT2D eigenvalue weighted by Crippen LogP contribution is -2.25. The molecule has 0 atom stereocenters. The number of nitro groups is 1. The van der Waals surface area contributed by atoms with E-state index in [1.807, 2.05) is 0 Å². The van der Waals surface area contributed by atoms with E-state index in [9.17, 15) is 19.7 Å². The molecule has 2 aromatic carbocycles. The Morgan fingerprint density at radius 2 is 1.87 bits per heavy atom. The fraction of sp³-hybridized carbons (Fsp3) is 0. The summed E-state index contributed by atoms with van der Waals surface area (Å²) in [6, 6.07) is 10.1. The van der Waals surface area contributed by atoms with Crippen LogP contribution >= 0.6 is 11.6 Å². The van der Waals surface area contributed by atoms with E-state index >= 15 is 0 Å². The third-order valence-corrected chi connectivity index (χ3v) is 3.52. The van der Waals surface area contributed by atoms with E-state index in [0.717, 1.165) is 6.08 Å². The quantitative estimate of drug-likeness (QED) is 0.210. The van der Waals surface area contributed by atoms with Crippen LogP contribution in [-0.4, -0.2) is 16.7 Å². The number of rotatable bonds is 2. The van der Waals surface area contributed by atoms with Crippen molar-refractivity contribution in [3.8, 4) is 5.75 Å². The van der Waals surface area contributed by atoms with Crippen LogP contribution in [0.4, 0.5) is 5.69 Å². The zero-order valence-corrected chi connectivity index (χ0v) is 12.2. The first-order chi connectivity index (χ1) is 11.0. The molecular weight excluding hydrogens is 322 g/mol. The molecule has 0 radical (unpaired) electrons. The van der Waals surface area contributed by atoms with E-state index in [0.29, 0.717) is 5.02 Å². The summed E-state index contributed by atoms with van der Waals surface area (Å²) in [5, 5.41) is 11.3. The van der Waals surface area contributed by atoms with Gasteiger partial charge in [-0.15, -0.1) is 0 Å². The molecule has 6 nitrogen and oxygen atoms in total. The molecule has 0 saturated carbocycles. The number of hydrogen-bond donors (Lipinski definition) is 0. The van der Waals surface area contributed by atoms with E-state index in [-0.39, 0.29) is 28.1 Å². The summed E-state index contributed by atoms with van der Waals surface area (Å²) in [5.41, 5.74) is -0.211. The molecule has 7 heteroatoms. The Bertz CT molecular complexity index is 888. The first kappa shape index (κ1) is 14.9. The Morgan fingerprint density at radius 1 is 1.13 bits per heavy atom. The van der Waals surface area contributed by atoms with Crippen molar-refractivity contribution in [2.75, 3.05) is 0 Å². The van der Waals surface area contributed by atoms with Crippen molar-refractivity contribution in [3.05, 3.63) is 74.3 Å².